The molecule has 4 rings (SSSR count). The molecule has 27 heavy (non-hydrogen) atoms. The summed E-state index contributed by atoms with van der Waals surface area (Å²) >= 11 is 1.20. The van der Waals surface area contributed by atoms with Gasteiger partial charge >= 0.3 is 5.97 Å². The topological polar surface area (TPSA) is 106 Å². The normalized spacial score (nSPS) is 20.5. The summed E-state index contributed by atoms with van der Waals surface area (Å²) in [4.78, 5) is 28.5. The van der Waals surface area contributed by atoms with Gasteiger partial charge in [0.05, 0.1) is 30.2 Å². The maximum absolute atomic E-state index is 12.3. The van der Waals surface area contributed by atoms with Crippen LogP contribution in [0.15, 0.2) is 27.5 Å². The molecule has 0 bridgehead atoms. The number of carbonyl (C=O) groups excluding carboxylic acids is 2. The van der Waals surface area contributed by atoms with Gasteiger partial charge in [0.15, 0.2) is 11.8 Å². The maximum Gasteiger partial charge on any atom is 0.338 e. The lowest BCUT2D eigenvalue weighted by molar-refractivity contribution is -0.138. The Morgan fingerprint density at radius 3 is 2.78 bits per heavy atom. The predicted octanol–water partition coefficient (Wildman–Crippen LogP) is 0.314. The minimum Gasteiger partial charge on any atom is -0.452 e. The zero-order valence-corrected chi connectivity index (χ0v) is 15.9. The van der Waals surface area contributed by atoms with E-state index in [-0.39, 0.29) is 18.3 Å². The van der Waals surface area contributed by atoms with E-state index in [0.717, 1.165) is 10.6 Å². The second-order valence-electron chi connectivity index (χ2n) is 6.17. The monoisotopic (exact) mass is 411 g/mol. The fourth-order valence-corrected chi connectivity index (χ4v) is 5.27. The van der Waals surface area contributed by atoms with Crippen molar-refractivity contribution in [1.29, 1.82) is 0 Å². The summed E-state index contributed by atoms with van der Waals surface area (Å²) in [5.41, 5.74) is 1.12. The Balaban J connectivity index is 1.43. The summed E-state index contributed by atoms with van der Waals surface area (Å²) in [6.07, 6.45) is 0. The predicted molar refractivity (Wildman–Crippen MR) is 98.5 cm³/mol. The van der Waals surface area contributed by atoms with Crippen molar-refractivity contribution in [3.8, 4) is 0 Å². The number of hydrogen-bond donors (Lipinski definition) is 0. The fourth-order valence-electron chi connectivity index (χ4n) is 2.97. The van der Waals surface area contributed by atoms with Gasteiger partial charge in [-0.3, -0.25) is 4.79 Å². The van der Waals surface area contributed by atoms with Crippen LogP contribution >= 0.6 is 11.8 Å². The first-order valence-corrected chi connectivity index (χ1v) is 10.8. The quantitative estimate of drug-likeness (QED) is 0.655. The van der Waals surface area contributed by atoms with E-state index < -0.39 is 16.0 Å². The lowest BCUT2D eigenvalue weighted by Gasteiger charge is -2.26. The smallest absolute Gasteiger partial charge is 0.338 e. The van der Waals surface area contributed by atoms with E-state index in [9.17, 15) is 18.0 Å². The molecule has 0 aliphatic carbocycles. The molecule has 0 atom stereocenters. The molecule has 1 aromatic carbocycles. The summed E-state index contributed by atoms with van der Waals surface area (Å²) in [5.74, 6) is -0.887. The van der Waals surface area contributed by atoms with E-state index in [4.69, 9.17) is 9.47 Å². The highest BCUT2D eigenvalue weighted by Crippen LogP contribution is 2.42. The highest BCUT2D eigenvalue weighted by Gasteiger charge is 2.33. The largest absolute Gasteiger partial charge is 0.452 e. The molecule has 1 saturated heterocycles. The number of morpholine rings is 1. The number of sulfonamides is 1. The molecule has 11 heteroatoms. The first-order chi connectivity index (χ1) is 12.9. The standard InChI is InChI=1S/C16H17N3O6S2/c20-14(18-3-6-24-7-4-18)10-25-15(21)11-1-2-12-13(9-11)26-16-17-27(22,23)8-5-19(12)16/h1-2,9H,3-8,10H2. The van der Waals surface area contributed by atoms with Gasteiger partial charge < -0.3 is 19.3 Å². The number of thioether (sulfide) groups is 1. The number of carbonyl (C=O) groups is 2. The number of esters is 1. The van der Waals surface area contributed by atoms with Gasteiger partial charge in [0, 0.05) is 24.5 Å². The van der Waals surface area contributed by atoms with Gasteiger partial charge in [-0.25, -0.2) is 13.2 Å². The number of nitrogens with zero attached hydrogens (tertiary/aromatic N) is 3. The van der Waals surface area contributed by atoms with Gasteiger partial charge in [-0.1, -0.05) is 0 Å². The first-order valence-electron chi connectivity index (χ1n) is 8.38. The zero-order valence-electron chi connectivity index (χ0n) is 14.3. The van der Waals surface area contributed by atoms with Crippen molar-refractivity contribution in [3.63, 3.8) is 0 Å². The fraction of sp³-hybridized carbons (Fsp3) is 0.438. The number of fused-ring (bicyclic) bond motifs is 3. The van der Waals surface area contributed by atoms with Crippen molar-refractivity contribution < 1.29 is 27.5 Å². The molecule has 0 unspecified atom stereocenters. The molecule has 0 spiro atoms. The van der Waals surface area contributed by atoms with Crippen LogP contribution in [0.4, 0.5) is 5.69 Å². The van der Waals surface area contributed by atoms with Gasteiger partial charge in [0.2, 0.25) is 0 Å². The van der Waals surface area contributed by atoms with Crippen LogP contribution in [0.5, 0.6) is 0 Å². The highest BCUT2D eigenvalue weighted by molar-refractivity contribution is 8.15. The summed E-state index contributed by atoms with van der Waals surface area (Å²) in [5, 5.41) is 0.393. The summed E-state index contributed by atoms with van der Waals surface area (Å²) < 4.78 is 37.4. The molecule has 0 N–H and O–H groups in total. The molecule has 0 saturated carbocycles. The minimum absolute atomic E-state index is 0.0378. The van der Waals surface area contributed by atoms with Crippen LogP contribution in [-0.2, 0) is 24.3 Å². The molecule has 1 amide bonds. The Morgan fingerprint density at radius 1 is 1.22 bits per heavy atom. The third kappa shape index (κ3) is 3.80. The van der Waals surface area contributed by atoms with Gasteiger partial charge in [-0.05, 0) is 30.0 Å². The Bertz CT molecular complexity index is 924. The van der Waals surface area contributed by atoms with Crippen molar-refractivity contribution in [2.24, 2.45) is 4.40 Å². The van der Waals surface area contributed by atoms with Gasteiger partial charge in [0.1, 0.15) is 0 Å². The molecule has 9 nitrogen and oxygen atoms in total. The van der Waals surface area contributed by atoms with Crippen LogP contribution in [0, 0.1) is 0 Å². The SMILES string of the molecule is O=C(OCC(=O)N1CCOCC1)c1ccc2c(c1)SC1=NS(=O)(=O)CCN12. The van der Waals surface area contributed by atoms with Crippen molar-refractivity contribution in [2.45, 2.75) is 4.90 Å². The lowest BCUT2D eigenvalue weighted by Crippen LogP contribution is -2.42. The van der Waals surface area contributed by atoms with E-state index in [1.54, 1.807) is 23.1 Å². The van der Waals surface area contributed by atoms with Crippen LogP contribution in [0.2, 0.25) is 0 Å². The average Bonchev–Trinajstić information content (AvgIpc) is 3.01. The van der Waals surface area contributed by atoms with Crippen molar-refractivity contribution in [2.75, 3.05) is 50.1 Å². The Labute approximate surface area is 160 Å². The van der Waals surface area contributed by atoms with E-state index >= 15 is 0 Å². The van der Waals surface area contributed by atoms with Crippen LogP contribution in [0.3, 0.4) is 0 Å². The maximum atomic E-state index is 12.3. The summed E-state index contributed by atoms with van der Waals surface area (Å²) in [6.45, 7) is 1.97. The number of ether oxygens (including phenoxy) is 2. The molecule has 1 fully saturated rings. The molecule has 3 aliphatic rings. The van der Waals surface area contributed by atoms with Crippen molar-refractivity contribution >= 4 is 44.5 Å². The van der Waals surface area contributed by atoms with Gasteiger partial charge in [-0.15, -0.1) is 4.40 Å². The Hall–Kier alpha value is -2.11. The number of benzene rings is 1. The Kier molecular flexibility index (Phi) is 4.82. The first kappa shape index (κ1) is 18.3. The molecule has 144 valence electrons. The lowest BCUT2D eigenvalue weighted by atomic mass is 10.2. The summed E-state index contributed by atoms with van der Waals surface area (Å²) in [7, 11) is -3.43. The molecule has 3 heterocycles. The van der Waals surface area contributed by atoms with Crippen LogP contribution in [0.25, 0.3) is 0 Å². The summed E-state index contributed by atoms with van der Waals surface area (Å²) in [6, 6.07) is 4.98. The molecule has 3 aliphatic heterocycles. The van der Waals surface area contributed by atoms with E-state index in [0.29, 0.717) is 43.6 Å². The third-order valence-corrected chi connectivity index (χ3v) is 6.71. The number of amides is 1. The second-order valence-corrected chi connectivity index (χ2v) is 8.93. The minimum atomic E-state index is -3.43. The van der Waals surface area contributed by atoms with Gasteiger partial charge in [0.25, 0.3) is 15.9 Å². The van der Waals surface area contributed by atoms with Gasteiger partial charge in [-0.2, -0.15) is 0 Å². The molecule has 1 aromatic rings. The average molecular weight is 411 g/mol. The van der Waals surface area contributed by atoms with E-state index in [2.05, 4.69) is 4.40 Å². The van der Waals surface area contributed by atoms with Crippen molar-refractivity contribution in [3.05, 3.63) is 23.8 Å². The zero-order chi connectivity index (χ0) is 19.0. The highest BCUT2D eigenvalue weighted by atomic mass is 32.2. The van der Waals surface area contributed by atoms with Crippen LogP contribution < -0.4 is 4.90 Å². The Morgan fingerprint density at radius 2 is 2.00 bits per heavy atom. The van der Waals surface area contributed by atoms with Crippen LogP contribution in [-0.4, -0.2) is 75.6 Å². The number of hydrogen-bond acceptors (Lipinski definition) is 8. The third-order valence-electron chi connectivity index (χ3n) is 4.40. The second kappa shape index (κ2) is 7.13. The molecule has 0 aromatic heterocycles. The molecular weight excluding hydrogens is 394 g/mol. The van der Waals surface area contributed by atoms with Crippen molar-refractivity contribution in [1.82, 2.24) is 4.90 Å². The molecule has 0 radical (unpaired) electrons. The number of amidine groups is 1. The van der Waals surface area contributed by atoms with E-state index in [1.807, 2.05) is 4.90 Å². The number of anilines is 1. The van der Waals surface area contributed by atoms with Crippen LogP contribution in [0.1, 0.15) is 10.4 Å². The molecular formula is C16H17N3O6S2. The number of rotatable bonds is 3. The van der Waals surface area contributed by atoms with E-state index in [1.165, 1.54) is 11.8 Å².